The van der Waals surface area contributed by atoms with Gasteiger partial charge >= 0.3 is 0 Å². The van der Waals surface area contributed by atoms with E-state index < -0.39 is 0 Å². The summed E-state index contributed by atoms with van der Waals surface area (Å²) in [7, 11) is 0. The minimum absolute atomic E-state index is 0.202. The van der Waals surface area contributed by atoms with Crippen molar-refractivity contribution in [3.05, 3.63) is 11.8 Å². The number of nitrogens with one attached hydrogen (secondary N) is 1. The topological polar surface area (TPSA) is 56.1 Å². The summed E-state index contributed by atoms with van der Waals surface area (Å²) in [6.07, 6.45) is 5.77. The van der Waals surface area contributed by atoms with Gasteiger partial charge in [0.1, 0.15) is 11.6 Å². The fraction of sp³-hybridized carbons (Fsp3) is 0.714. The molecule has 0 aliphatic carbocycles. The second-order valence-electron chi connectivity index (χ2n) is 4.30. The Balaban J connectivity index is 4.59. The van der Waals surface area contributed by atoms with Gasteiger partial charge in [-0.2, -0.15) is 5.26 Å². The molecule has 0 bridgehead atoms. The summed E-state index contributed by atoms with van der Waals surface area (Å²) in [6.45, 7) is 8.60. The van der Waals surface area contributed by atoms with E-state index in [1.165, 1.54) is 0 Å². The van der Waals surface area contributed by atoms with E-state index in [2.05, 4.69) is 24.1 Å². The molecule has 102 valence electrons. The minimum atomic E-state index is -0.267. The number of hydrogen-bond donors (Lipinski definition) is 1. The Labute approximate surface area is 111 Å². The van der Waals surface area contributed by atoms with Gasteiger partial charge in [0.2, 0.25) is 0 Å². The van der Waals surface area contributed by atoms with Crippen LogP contribution in [0.3, 0.4) is 0 Å². The standard InChI is InChI=1S/C14H25N3O/c1-4-7-10-17(9-6-3)12-13(11-15)14(18)16-8-5-2/h12H,4-10H2,1-3H3,(H,16,18)/b13-12-. The quantitative estimate of drug-likeness (QED) is 0.506. The lowest BCUT2D eigenvalue weighted by Gasteiger charge is -2.19. The molecular weight excluding hydrogens is 226 g/mol. The molecule has 0 saturated carbocycles. The maximum atomic E-state index is 11.7. The highest BCUT2D eigenvalue weighted by Crippen LogP contribution is 2.02. The van der Waals surface area contributed by atoms with Gasteiger partial charge in [0.15, 0.2) is 0 Å². The highest BCUT2D eigenvalue weighted by atomic mass is 16.1. The lowest BCUT2D eigenvalue weighted by molar-refractivity contribution is -0.117. The van der Waals surface area contributed by atoms with Crippen LogP contribution in [0.4, 0.5) is 0 Å². The van der Waals surface area contributed by atoms with Crippen LogP contribution in [0.25, 0.3) is 0 Å². The summed E-state index contributed by atoms with van der Waals surface area (Å²) in [4.78, 5) is 13.8. The van der Waals surface area contributed by atoms with Crippen LogP contribution in [0, 0.1) is 11.3 Å². The van der Waals surface area contributed by atoms with Gasteiger partial charge in [0.25, 0.3) is 5.91 Å². The van der Waals surface area contributed by atoms with Crippen LogP contribution in [0.5, 0.6) is 0 Å². The predicted molar refractivity (Wildman–Crippen MR) is 73.8 cm³/mol. The number of hydrogen-bond acceptors (Lipinski definition) is 3. The van der Waals surface area contributed by atoms with Crippen molar-refractivity contribution >= 4 is 5.91 Å². The first-order valence-electron chi connectivity index (χ1n) is 6.83. The number of nitriles is 1. The summed E-state index contributed by atoms with van der Waals surface area (Å²) >= 11 is 0. The van der Waals surface area contributed by atoms with E-state index in [4.69, 9.17) is 5.26 Å². The fourth-order valence-electron chi connectivity index (χ4n) is 1.54. The second-order valence-corrected chi connectivity index (χ2v) is 4.30. The molecule has 0 aliphatic heterocycles. The summed E-state index contributed by atoms with van der Waals surface area (Å²) in [5.74, 6) is -0.267. The van der Waals surface area contributed by atoms with E-state index in [1.807, 2.05) is 13.0 Å². The first kappa shape index (κ1) is 16.5. The molecule has 0 radical (unpaired) electrons. The SMILES string of the molecule is CCCCN(/C=C(/C#N)C(=O)NCCC)CCC. The van der Waals surface area contributed by atoms with Crippen LogP contribution in [-0.4, -0.2) is 30.4 Å². The molecule has 1 N–H and O–H groups in total. The predicted octanol–water partition coefficient (Wildman–Crippen LogP) is 2.43. The summed E-state index contributed by atoms with van der Waals surface area (Å²) < 4.78 is 0. The van der Waals surface area contributed by atoms with Crippen LogP contribution in [0.1, 0.15) is 46.5 Å². The van der Waals surface area contributed by atoms with Crippen molar-refractivity contribution in [2.75, 3.05) is 19.6 Å². The molecule has 1 amide bonds. The van der Waals surface area contributed by atoms with Gasteiger partial charge in [-0.15, -0.1) is 0 Å². The molecule has 0 spiro atoms. The van der Waals surface area contributed by atoms with E-state index in [0.717, 1.165) is 38.8 Å². The largest absolute Gasteiger partial charge is 0.376 e. The maximum absolute atomic E-state index is 11.7. The van der Waals surface area contributed by atoms with Crippen LogP contribution in [-0.2, 0) is 4.79 Å². The summed E-state index contributed by atoms with van der Waals surface area (Å²) in [5.41, 5.74) is 0.202. The third kappa shape index (κ3) is 6.95. The van der Waals surface area contributed by atoms with Crippen molar-refractivity contribution in [2.45, 2.75) is 46.5 Å². The van der Waals surface area contributed by atoms with E-state index >= 15 is 0 Å². The normalized spacial score (nSPS) is 10.9. The molecule has 0 heterocycles. The Kier molecular flexibility index (Phi) is 9.75. The Morgan fingerprint density at radius 3 is 2.44 bits per heavy atom. The van der Waals surface area contributed by atoms with Crippen molar-refractivity contribution in [3.63, 3.8) is 0 Å². The van der Waals surface area contributed by atoms with E-state index in [1.54, 1.807) is 6.20 Å². The highest BCUT2D eigenvalue weighted by molar-refractivity contribution is 5.97. The van der Waals surface area contributed by atoms with Crippen LogP contribution in [0.2, 0.25) is 0 Å². The number of unbranched alkanes of at least 4 members (excludes halogenated alkanes) is 1. The van der Waals surface area contributed by atoms with Crippen molar-refractivity contribution in [3.8, 4) is 6.07 Å². The van der Waals surface area contributed by atoms with E-state index in [0.29, 0.717) is 6.54 Å². The molecule has 0 aliphatic rings. The number of amides is 1. The van der Waals surface area contributed by atoms with Crippen molar-refractivity contribution in [1.29, 1.82) is 5.26 Å². The molecule has 0 fully saturated rings. The van der Waals surface area contributed by atoms with Gasteiger partial charge in [0.05, 0.1) is 0 Å². The van der Waals surface area contributed by atoms with Gasteiger partial charge in [-0.25, -0.2) is 0 Å². The molecule has 18 heavy (non-hydrogen) atoms. The second kappa shape index (κ2) is 10.6. The summed E-state index contributed by atoms with van der Waals surface area (Å²) in [5, 5.41) is 11.8. The first-order chi connectivity index (χ1) is 8.69. The average molecular weight is 251 g/mol. The smallest absolute Gasteiger partial charge is 0.263 e. The van der Waals surface area contributed by atoms with Crippen LogP contribution in [0.15, 0.2) is 11.8 Å². The molecule has 0 saturated heterocycles. The van der Waals surface area contributed by atoms with Crippen molar-refractivity contribution in [1.82, 2.24) is 10.2 Å². The zero-order chi connectivity index (χ0) is 13.8. The van der Waals surface area contributed by atoms with Gasteiger partial charge in [-0.1, -0.05) is 27.2 Å². The van der Waals surface area contributed by atoms with Gasteiger partial charge in [0, 0.05) is 25.8 Å². The zero-order valence-corrected chi connectivity index (χ0v) is 11.8. The van der Waals surface area contributed by atoms with E-state index in [9.17, 15) is 4.79 Å². The Bertz CT molecular complexity index is 305. The molecule has 0 unspecified atom stereocenters. The monoisotopic (exact) mass is 251 g/mol. The van der Waals surface area contributed by atoms with Gasteiger partial charge < -0.3 is 10.2 Å². The summed E-state index contributed by atoms with van der Waals surface area (Å²) in [6, 6.07) is 1.98. The molecule has 0 rings (SSSR count). The lowest BCUT2D eigenvalue weighted by atomic mass is 10.2. The Hall–Kier alpha value is -1.50. The zero-order valence-electron chi connectivity index (χ0n) is 11.8. The highest BCUT2D eigenvalue weighted by Gasteiger charge is 2.09. The lowest BCUT2D eigenvalue weighted by Crippen LogP contribution is -2.28. The Morgan fingerprint density at radius 1 is 1.22 bits per heavy atom. The minimum Gasteiger partial charge on any atom is -0.376 e. The molecule has 0 aromatic heterocycles. The number of rotatable bonds is 9. The van der Waals surface area contributed by atoms with Crippen LogP contribution >= 0.6 is 0 Å². The van der Waals surface area contributed by atoms with Gasteiger partial charge in [-0.05, 0) is 19.3 Å². The fourth-order valence-corrected chi connectivity index (χ4v) is 1.54. The maximum Gasteiger partial charge on any atom is 0.263 e. The van der Waals surface area contributed by atoms with Crippen LogP contribution < -0.4 is 5.32 Å². The number of carbonyl (C=O) groups is 1. The Morgan fingerprint density at radius 2 is 1.94 bits per heavy atom. The molecule has 4 nitrogen and oxygen atoms in total. The number of carbonyl (C=O) groups excluding carboxylic acids is 1. The molecule has 0 aromatic rings. The molecule has 0 atom stereocenters. The molecule has 0 aromatic carbocycles. The third-order valence-electron chi connectivity index (χ3n) is 2.52. The van der Waals surface area contributed by atoms with Crippen molar-refractivity contribution in [2.24, 2.45) is 0 Å². The molecule has 4 heteroatoms. The third-order valence-corrected chi connectivity index (χ3v) is 2.52. The average Bonchev–Trinajstić information content (AvgIpc) is 2.39. The molecular formula is C14H25N3O. The van der Waals surface area contributed by atoms with E-state index in [-0.39, 0.29) is 11.5 Å². The first-order valence-corrected chi connectivity index (χ1v) is 6.83. The van der Waals surface area contributed by atoms with Crippen molar-refractivity contribution < 1.29 is 4.79 Å². The van der Waals surface area contributed by atoms with Gasteiger partial charge in [-0.3, -0.25) is 4.79 Å². The number of nitrogens with zero attached hydrogens (tertiary/aromatic N) is 2.